The van der Waals surface area contributed by atoms with Gasteiger partial charge in [-0.25, -0.2) is 4.98 Å². The Morgan fingerprint density at radius 3 is 2.67 bits per heavy atom. The third-order valence-corrected chi connectivity index (χ3v) is 6.83. The molecule has 0 aliphatic heterocycles. The molecule has 0 radical (unpaired) electrons. The normalized spacial score (nSPS) is 19.9. The van der Waals surface area contributed by atoms with Gasteiger partial charge in [0, 0.05) is 53.6 Å². The van der Waals surface area contributed by atoms with Crippen LogP contribution in [0.2, 0.25) is 0 Å². The van der Waals surface area contributed by atoms with Crippen molar-refractivity contribution in [2.75, 3.05) is 7.05 Å². The number of hydrogen-bond donors (Lipinski definition) is 2. The quantitative estimate of drug-likeness (QED) is 0.476. The molecule has 1 aliphatic carbocycles. The molecule has 4 heterocycles. The van der Waals surface area contributed by atoms with Crippen LogP contribution in [0, 0.1) is 0 Å². The van der Waals surface area contributed by atoms with Crippen molar-refractivity contribution in [3.63, 3.8) is 0 Å². The summed E-state index contributed by atoms with van der Waals surface area (Å²) in [7, 11) is 4.14. The van der Waals surface area contributed by atoms with E-state index >= 15 is 0 Å². The molecule has 4 aromatic heterocycles. The zero-order chi connectivity index (χ0) is 20.8. The van der Waals surface area contributed by atoms with E-state index in [2.05, 4.69) is 72.2 Å². The number of hydrogen-bond acceptors (Lipinski definition) is 3. The van der Waals surface area contributed by atoms with Crippen molar-refractivity contribution >= 4 is 22.1 Å². The van der Waals surface area contributed by atoms with E-state index in [0.717, 1.165) is 16.7 Å². The summed E-state index contributed by atoms with van der Waals surface area (Å²) in [6, 6.07) is 9.31. The number of nitrogens with zero attached hydrogens (tertiary/aromatic N) is 3. The molecule has 4 aromatic rings. The predicted molar refractivity (Wildman–Crippen MR) is 124 cm³/mol. The lowest BCUT2D eigenvalue weighted by Crippen LogP contribution is -2.29. The minimum Gasteiger partial charge on any atom is -0.353 e. The fraction of sp³-hybridized carbons (Fsp3) is 0.440. The first-order valence-electron chi connectivity index (χ1n) is 11.2. The van der Waals surface area contributed by atoms with Gasteiger partial charge in [-0.2, -0.15) is 0 Å². The van der Waals surface area contributed by atoms with Gasteiger partial charge in [0.1, 0.15) is 5.65 Å². The highest BCUT2D eigenvalue weighted by Crippen LogP contribution is 2.39. The van der Waals surface area contributed by atoms with Crippen molar-refractivity contribution in [3.05, 3.63) is 47.9 Å². The number of aromatic amines is 1. The molecule has 30 heavy (non-hydrogen) atoms. The average Bonchev–Trinajstić information content (AvgIpc) is 3.31. The van der Waals surface area contributed by atoms with E-state index in [4.69, 9.17) is 4.98 Å². The largest absolute Gasteiger partial charge is 0.353 e. The maximum Gasteiger partial charge on any atom is 0.140 e. The number of nitrogens with one attached hydrogen (secondary N) is 2. The van der Waals surface area contributed by atoms with Crippen LogP contribution >= 0.6 is 0 Å². The Labute approximate surface area is 177 Å². The number of pyridine rings is 2. The summed E-state index contributed by atoms with van der Waals surface area (Å²) in [5.74, 6) is 0.947. The van der Waals surface area contributed by atoms with Gasteiger partial charge in [-0.3, -0.25) is 4.98 Å². The van der Waals surface area contributed by atoms with Crippen LogP contribution in [0.3, 0.4) is 0 Å². The molecule has 1 aliphatic rings. The topological polar surface area (TPSA) is 58.5 Å². The Morgan fingerprint density at radius 2 is 1.93 bits per heavy atom. The molecule has 0 saturated heterocycles. The first-order valence-corrected chi connectivity index (χ1v) is 11.2. The average molecular weight is 402 g/mol. The molecule has 5 heteroatoms. The molecule has 0 spiro atoms. The van der Waals surface area contributed by atoms with E-state index in [1.165, 1.54) is 53.6 Å². The van der Waals surface area contributed by atoms with Gasteiger partial charge in [-0.15, -0.1) is 0 Å². The molecule has 0 atom stereocenters. The van der Waals surface area contributed by atoms with Gasteiger partial charge >= 0.3 is 0 Å². The van der Waals surface area contributed by atoms with E-state index in [1.807, 2.05) is 12.3 Å². The molecular formula is C25H31N5. The molecule has 2 N–H and O–H groups in total. The minimum atomic E-state index is 0.378. The van der Waals surface area contributed by atoms with E-state index < -0.39 is 0 Å². The minimum absolute atomic E-state index is 0.378. The summed E-state index contributed by atoms with van der Waals surface area (Å²) >= 11 is 0. The number of rotatable bonds is 4. The summed E-state index contributed by atoms with van der Waals surface area (Å²) in [6.07, 6.45) is 8.95. The second-order valence-corrected chi connectivity index (χ2v) is 9.07. The second-order valence-electron chi connectivity index (χ2n) is 9.07. The van der Waals surface area contributed by atoms with Crippen molar-refractivity contribution in [1.29, 1.82) is 0 Å². The summed E-state index contributed by atoms with van der Waals surface area (Å²) in [5, 5.41) is 4.61. The van der Waals surface area contributed by atoms with Gasteiger partial charge in [-0.05, 0) is 62.9 Å². The van der Waals surface area contributed by atoms with Crippen molar-refractivity contribution in [2.24, 2.45) is 7.05 Å². The van der Waals surface area contributed by atoms with Crippen LogP contribution in [0.1, 0.15) is 62.6 Å². The Balaban J connectivity index is 1.62. The summed E-state index contributed by atoms with van der Waals surface area (Å²) in [6.45, 7) is 4.53. The Kier molecular flexibility index (Phi) is 4.86. The van der Waals surface area contributed by atoms with Crippen LogP contribution in [0.15, 0.2) is 36.7 Å². The van der Waals surface area contributed by atoms with Gasteiger partial charge in [-0.1, -0.05) is 13.8 Å². The van der Waals surface area contributed by atoms with Crippen LogP contribution in [-0.2, 0) is 7.05 Å². The van der Waals surface area contributed by atoms with Gasteiger partial charge in [0.15, 0.2) is 0 Å². The monoisotopic (exact) mass is 401 g/mol. The third kappa shape index (κ3) is 3.12. The summed E-state index contributed by atoms with van der Waals surface area (Å²) in [5.41, 5.74) is 8.23. The Bertz CT molecular complexity index is 1190. The highest BCUT2D eigenvalue weighted by atomic mass is 15.0. The second kappa shape index (κ2) is 7.55. The van der Waals surface area contributed by atoms with Gasteiger partial charge in [0.2, 0.25) is 0 Å². The lowest BCUT2D eigenvalue weighted by molar-refractivity contribution is 0.355. The molecule has 1 saturated carbocycles. The van der Waals surface area contributed by atoms with Crippen molar-refractivity contribution < 1.29 is 0 Å². The Morgan fingerprint density at radius 1 is 1.13 bits per heavy atom. The summed E-state index contributed by atoms with van der Waals surface area (Å²) in [4.78, 5) is 13.5. The number of H-pyrrole nitrogens is 1. The van der Waals surface area contributed by atoms with Gasteiger partial charge in [0.25, 0.3) is 0 Å². The zero-order valence-electron chi connectivity index (χ0n) is 18.4. The Hall–Kier alpha value is -2.66. The van der Waals surface area contributed by atoms with Crippen molar-refractivity contribution in [2.45, 2.75) is 57.4 Å². The van der Waals surface area contributed by atoms with Gasteiger partial charge in [0.05, 0.1) is 16.7 Å². The first-order chi connectivity index (χ1) is 14.6. The molecule has 156 valence electrons. The highest BCUT2D eigenvalue weighted by molar-refractivity contribution is 5.98. The van der Waals surface area contributed by atoms with E-state index in [0.29, 0.717) is 17.9 Å². The lowest BCUT2D eigenvalue weighted by atomic mass is 9.84. The van der Waals surface area contributed by atoms with Crippen LogP contribution < -0.4 is 5.32 Å². The number of fused-ring (bicyclic) bond motifs is 2. The van der Waals surface area contributed by atoms with E-state index in [9.17, 15) is 0 Å². The molecule has 5 rings (SSSR count). The molecule has 0 amide bonds. The number of aromatic nitrogens is 4. The van der Waals surface area contributed by atoms with Crippen molar-refractivity contribution in [1.82, 2.24) is 24.8 Å². The fourth-order valence-corrected chi connectivity index (χ4v) is 5.19. The van der Waals surface area contributed by atoms with Gasteiger partial charge < -0.3 is 14.9 Å². The van der Waals surface area contributed by atoms with Crippen LogP contribution in [0.5, 0.6) is 0 Å². The van der Waals surface area contributed by atoms with Crippen molar-refractivity contribution in [3.8, 4) is 11.3 Å². The zero-order valence-corrected chi connectivity index (χ0v) is 18.4. The molecule has 5 nitrogen and oxygen atoms in total. The highest BCUT2D eigenvalue weighted by Gasteiger charge is 2.25. The molecular weight excluding hydrogens is 370 g/mol. The van der Waals surface area contributed by atoms with Crippen LogP contribution in [-0.4, -0.2) is 32.6 Å². The maximum atomic E-state index is 5.23. The molecule has 0 bridgehead atoms. The number of aryl methyl sites for hydroxylation is 1. The smallest absolute Gasteiger partial charge is 0.140 e. The van der Waals surface area contributed by atoms with Crippen LogP contribution in [0.25, 0.3) is 33.3 Å². The fourth-order valence-electron chi connectivity index (χ4n) is 5.19. The van der Waals surface area contributed by atoms with E-state index in [-0.39, 0.29) is 0 Å². The standard InChI is InChI=1S/C25H31N5/c1-15(2)22-23(19-14-30(4)25-18(19)6-5-13-27-25)29-21-12-11-20(28-24(21)22)16-7-9-17(26-3)10-8-16/h5-6,11-17,26,29H,7-10H2,1-4H3. The van der Waals surface area contributed by atoms with E-state index in [1.54, 1.807) is 0 Å². The third-order valence-electron chi connectivity index (χ3n) is 6.83. The maximum absolute atomic E-state index is 5.23. The van der Waals surface area contributed by atoms with Crippen LogP contribution in [0.4, 0.5) is 0 Å². The molecule has 0 aromatic carbocycles. The molecule has 1 fully saturated rings. The predicted octanol–water partition coefficient (Wildman–Crippen LogP) is 5.49. The lowest BCUT2D eigenvalue weighted by Gasteiger charge is -2.27. The summed E-state index contributed by atoms with van der Waals surface area (Å²) < 4.78 is 2.11. The SMILES string of the molecule is CNC1CCC(c2ccc3[nH]c(-c4cn(C)c5ncccc45)c(C(C)C)c3n2)CC1. The molecule has 0 unspecified atom stereocenters. The first kappa shape index (κ1) is 19.3.